The molecular weight excluding hydrogens is 264 g/mol. The highest BCUT2D eigenvalue weighted by molar-refractivity contribution is 5.14. The Bertz CT molecular complexity index is 598. The lowest BCUT2D eigenvalue weighted by Crippen LogP contribution is -2.48. The van der Waals surface area contributed by atoms with E-state index in [0.29, 0.717) is 6.54 Å². The van der Waals surface area contributed by atoms with E-state index in [4.69, 9.17) is 9.93 Å². The Hall–Kier alpha value is -1.88. The molecule has 0 saturated carbocycles. The average Bonchev–Trinajstić information content (AvgIpc) is 2.86. The van der Waals surface area contributed by atoms with Crippen molar-refractivity contribution in [3.63, 3.8) is 0 Å². The Kier molecular flexibility index (Phi) is 5.33. The second-order valence-corrected chi connectivity index (χ2v) is 5.29. The van der Waals surface area contributed by atoms with E-state index in [2.05, 4.69) is 43.1 Å². The molecule has 5 heteroatoms. The predicted molar refractivity (Wildman–Crippen MR) is 79.6 cm³/mol. The summed E-state index contributed by atoms with van der Waals surface area (Å²) < 4.78 is 6.95. The molecule has 0 spiro atoms. The second-order valence-electron chi connectivity index (χ2n) is 5.29. The van der Waals surface area contributed by atoms with E-state index in [-0.39, 0.29) is 11.6 Å². The smallest absolute Gasteiger partial charge is 0.269 e. The summed E-state index contributed by atoms with van der Waals surface area (Å²) in [6, 6.07) is 10.5. The first kappa shape index (κ1) is 15.5. The zero-order chi connectivity index (χ0) is 15.2. The number of benzene rings is 1. The molecule has 5 nitrogen and oxygen atoms in total. The molecule has 1 N–H and O–H groups in total. The van der Waals surface area contributed by atoms with Crippen molar-refractivity contribution < 1.29 is 9.20 Å². The van der Waals surface area contributed by atoms with E-state index in [1.54, 1.807) is 0 Å². The van der Waals surface area contributed by atoms with Gasteiger partial charge >= 0.3 is 0 Å². The summed E-state index contributed by atoms with van der Waals surface area (Å²) in [4.78, 5) is 2.26. The van der Waals surface area contributed by atoms with Gasteiger partial charge in [-0.05, 0) is 25.6 Å². The predicted octanol–water partition coefficient (Wildman–Crippen LogP) is 1.65. The van der Waals surface area contributed by atoms with E-state index in [9.17, 15) is 0 Å². The molecule has 1 unspecified atom stereocenters. The van der Waals surface area contributed by atoms with Gasteiger partial charge in [0.15, 0.2) is 6.04 Å². The molecule has 2 rings (SSSR count). The normalized spacial score (nSPS) is 12.8. The Morgan fingerprint density at radius 1 is 1.24 bits per heavy atom. The molecule has 114 valence electrons. The van der Waals surface area contributed by atoms with Crippen LogP contribution in [0.4, 0.5) is 0 Å². The van der Waals surface area contributed by atoms with Crippen LogP contribution >= 0.6 is 0 Å². The molecule has 1 aromatic carbocycles. The summed E-state index contributed by atoms with van der Waals surface area (Å²) in [6.07, 6.45) is 0.878. The number of aromatic nitrogens is 2. The Morgan fingerprint density at radius 3 is 2.52 bits per heavy atom. The molecule has 2 aromatic rings. The summed E-state index contributed by atoms with van der Waals surface area (Å²) in [6.45, 7) is 8.97. The summed E-state index contributed by atoms with van der Waals surface area (Å²) in [7, 11) is 0. The third kappa shape index (κ3) is 3.82. The lowest BCUT2D eigenvalue weighted by Gasteiger charge is -2.17. The SMILES string of the molecule is CCN(CC)Cc1c(=N)o[n-][n+]1C(C)Cc1ccccc1. The molecule has 1 aromatic heterocycles. The van der Waals surface area contributed by atoms with Gasteiger partial charge in [-0.25, -0.2) is 4.68 Å². The molecule has 0 aliphatic rings. The molecule has 0 saturated heterocycles. The van der Waals surface area contributed by atoms with Gasteiger partial charge < -0.3 is 4.52 Å². The average molecular weight is 288 g/mol. The van der Waals surface area contributed by atoms with Crippen LogP contribution in [0.3, 0.4) is 0 Å². The topological polar surface area (TPSA) is 58.2 Å². The summed E-state index contributed by atoms with van der Waals surface area (Å²) >= 11 is 0. The minimum absolute atomic E-state index is 0.167. The standard InChI is InChI=1S/C16H24N4O/c1-4-19(5-2)12-15-16(17)21-18-20(15)13(3)11-14-9-7-6-8-10-14/h6-10,13,17H,4-5,11-12H2,1-3H3. The monoisotopic (exact) mass is 288 g/mol. The summed E-state index contributed by atoms with van der Waals surface area (Å²) in [5, 5.41) is 12.0. The van der Waals surface area contributed by atoms with E-state index in [1.807, 2.05) is 22.9 Å². The van der Waals surface area contributed by atoms with Crippen molar-refractivity contribution in [1.29, 1.82) is 5.41 Å². The van der Waals surface area contributed by atoms with Crippen LogP contribution in [0.15, 0.2) is 34.9 Å². The number of nitrogens with zero attached hydrogens (tertiary/aromatic N) is 3. The van der Waals surface area contributed by atoms with Crippen molar-refractivity contribution in [2.45, 2.75) is 39.8 Å². The molecule has 21 heavy (non-hydrogen) atoms. The van der Waals surface area contributed by atoms with Crippen LogP contribution in [0.25, 0.3) is 0 Å². The molecule has 0 aliphatic heterocycles. The highest BCUT2D eigenvalue weighted by atomic mass is 16.5. The number of rotatable bonds is 7. The van der Waals surface area contributed by atoms with Gasteiger partial charge in [0.05, 0.1) is 6.54 Å². The Labute approximate surface area is 125 Å². The zero-order valence-electron chi connectivity index (χ0n) is 13.0. The lowest BCUT2D eigenvalue weighted by molar-refractivity contribution is -0.793. The van der Waals surface area contributed by atoms with Gasteiger partial charge in [0.25, 0.3) is 5.55 Å². The van der Waals surface area contributed by atoms with Gasteiger partial charge in [-0.1, -0.05) is 44.2 Å². The maximum atomic E-state index is 7.93. The van der Waals surface area contributed by atoms with Crippen LogP contribution in [-0.4, -0.2) is 18.0 Å². The molecule has 1 heterocycles. The summed E-state index contributed by atoms with van der Waals surface area (Å²) in [5.74, 6) is 0. The van der Waals surface area contributed by atoms with Crippen molar-refractivity contribution in [3.05, 3.63) is 47.1 Å². The number of nitrogens with one attached hydrogen (secondary N) is 1. The first-order chi connectivity index (χ1) is 10.2. The van der Waals surface area contributed by atoms with Gasteiger partial charge in [-0.15, -0.1) is 0 Å². The molecule has 0 bridgehead atoms. The van der Waals surface area contributed by atoms with Crippen LogP contribution in [0.2, 0.25) is 0 Å². The van der Waals surface area contributed by atoms with E-state index in [0.717, 1.165) is 25.2 Å². The van der Waals surface area contributed by atoms with Crippen molar-refractivity contribution in [2.24, 2.45) is 0 Å². The van der Waals surface area contributed by atoms with Crippen LogP contribution in [0.5, 0.6) is 0 Å². The molecule has 0 aliphatic carbocycles. The van der Waals surface area contributed by atoms with Gasteiger partial charge in [0, 0.05) is 6.42 Å². The van der Waals surface area contributed by atoms with E-state index >= 15 is 0 Å². The van der Waals surface area contributed by atoms with Gasteiger partial charge in [0.2, 0.25) is 5.69 Å². The minimum Gasteiger partial charge on any atom is -0.487 e. The van der Waals surface area contributed by atoms with Gasteiger partial charge in [-0.2, -0.15) is 0 Å². The third-order valence-corrected chi connectivity index (χ3v) is 3.82. The quantitative estimate of drug-likeness (QED) is 0.788. The maximum absolute atomic E-state index is 7.93. The fraction of sp³-hybridized carbons (Fsp3) is 0.500. The third-order valence-electron chi connectivity index (χ3n) is 3.82. The number of hydrogen-bond acceptors (Lipinski definition) is 3. The molecular formula is C16H24N4O. The minimum atomic E-state index is 0.167. The fourth-order valence-electron chi connectivity index (χ4n) is 2.48. The first-order valence-electron chi connectivity index (χ1n) is 7.53. The highest BCUT2D eigenvalue weighted by Crippen LogP contribution is 2.08. The van der Waals surface area contributed by atoms with Crippen molar-refractivity contribution in [3.8, 4) is 0 Å². The van der Waals surface area contributed by atoms with Crippen LogP contribution in [0.1, 0.15) is 38.1 Å². The van der Waals surface area contributed by atoms with Crippen LogP contribution in [0, 0.1) is 5.41 Å². The highest BCUT2D eigenvalue weighted by Gasteiger charge is 2.20. The first-order valence-corrected chi connectivity index (χ1v) is 7.53. The van der Waals surface area contributed by atoms with E-state index < -0.39 is 0 Å². The van der Waals surface area contributed by atoms with E-state index in [1.165, 1.54) is 5.56 Å². The largest absolute Gasteiger partial charge is 0.487 e. The van der Waals surface area contributed by atoms with Gasteiger partial charge in [0.1, 0.15) is 0 Å². The summed E-state index contributed by atoms with van der Waals surface area (Å²) in [5.41, 5.74) is 2.28. The molecule has 0 radical (unpaired) electrons. The second kappa shape index (κ2) is 7.22. The fourth-order valence-corrected chi connectivity index (χ4v) is 2.48. The van der Waals surface area contributed by atoms with Crippen molar-refractivity contribution in [1.82, 2.24) is 10.2 Å². The van der Waals surface area contributed by atoms with Crippen molar-refractivity contribution >= 4 is 0 Å². The van der Waals surface area contributed by atoms with Crippen molar-refractivity contribution in [2.75, 3.05) is 13.1 Å². The lowest BCUT2D eigenvalue weighted by atomic mass is 10.1. The number of hydrogen-bond donors (Lipinski definition) is 1. The maximum Gasteiger partial charge on any atom is 0.269 e. The van der Waals surface area contributed by atoms with Crippen LogP contribution in [-0.2, 0) is 13.0 Å². The van der Waals surface area contributed by atoms with Gasteiger partial charge in [-0.3, -0.25) is 15.6 Å². The zero-order valence-corrected chi connectivity index (χ0v) is 13.0. The molecule has 1 atom stereocenters. The van der Waals surface area contributed by atoms with Crippen LogP contribution < -0.4 is 15.5 Å². The molecule has 0 amide bonds. The molecule has 0 fully saturated rings. The Balaban J connectivity index is 2.18. The Morgan fingerprint density at radius 2 is 1.90 bits per heavy atom.